The lowest BCUT2D eigenvalue weighted by Gasteiger charge is -2.29. The number of rotatable bonds is 5. The molecular formula is C30H29N3O6. The number of nitrogens with one attached hydrogen (secondary N) is 1. The number of hydrogen-bond donors (Lipinski definition) is 1. The van der Waals surface area contributed by atoms with Gasteiger partial charge in [0.15, 0.2) is 0 Å². The molecule has 2 aliphatic heterocycles. The minimum Gasteiger partial charge on any atom is -0.496 e. The molecular weight excluding hydrogens is 498 g/mol. The van der Waals surface area contributed by atoms with Crippen LogP contribution in [0.25, 0.3) is 22.3 Å². The fourth-order valence-corrected chi connectivity index (χ4v) is 6.13. The smallest absolute Gasteiger partial charge is 0.255 e. The van der Waals surface area contributed by atoms with Gasteiger partial charge in [-0.15, -0.1) is 0 Å². The highest BCUT2D eigenvalue weighted by molar-refractivity contribution is 6.06. The summed E-state index contributed by atoms with van der Waals surface area (Å²) in [5.74, 6) is 0.177. The van der Waals surface area contributed by atoms with E-state index in [2.05, 4.69) is 5.32 Å². The average molecular weight is 528 g/mol. The van der Waals surface area contributed by atoms with Gasteiger partial charge in [-0.3, -0.25) is 24.5 Å². The van der Waals surface area contributed by atoms with Crippen LogP contribution in [0.15, 0.2) is 41.3 Å². The zero-order valence-corrected chi connectivity index (χ0v) is 22.1. The zero-order valence-electron chi connectivity index (χ0n) is 22.1. The third-order valence-electron chi connectivity index (χ3n) is 8.08. The molecule has 3 aromatic rings. The summed E-state index contributed by atoms with van der Waals surface area (Å²) >= 11 is 0. The normalized spacial score (nSPS) is 18.2. The number of ether oxygens (including phenoxy) is 2. The predicted molar refractivity (Wildman–Crippen MR) is 144 cm³/mol. The summed E-state index contributed by atoms with van der Waals surface area (Å²) in [5, 5.41) is 2.34. The van der Waals surface area contributed by atoms with Gasteiger partial charge in [-0.05, 0) is 66.1 Å². The molecule has 1 aromatic heterocycles. The quantitative estimate of drug-likeness (QED) is 0.512. The van der Waals surface area contributed by atoms with E-state index in [0.717, 1.165) is 52.6 Å². The van der Waals surface area contributed by atoms with E-state index < -0.39 is 11.9 Å². The Bertz CT molecular complexity index is 1600. The Balaban J connectivity index is 1.40. The van der Waals surface area contributed by atoms with Gasteiger partial charge < -0.3 is 18.9 Å². The number of methoxy groups -OCH3 is 2. The molecule has 9 heteroatoms. The summed E-state index contributed by atoms with van der Waals surface area (Å²) in [5.41, 5.74) is 6.67. The molecule has 1 aliphatic carbocycles. The van der Waals surface area contributed by atoms with E-state index in [1.54, 1.807) is 25.8 Å². The second-order valence-corrected chi connectivity index (χ2v) is 10.3. The van der Waals surface area contributed by atoms with E-state index in [9.17, 15) is 19.2 Å². The van der Waals surface area contributed by atoms with Crippen LogP contribution in [0.1, 0.15) is 46.3 Å². The molecule has 9 nitrogen and oxygen atoms in total. The van der Waals surface area contributed by atoms with E-state index in [-0.39, 0.29) is 23.8 Å². The van der Waals surface area contributed by atoms with Crippen LogP contribution in [-0.4, -0.2) is 47.4 Å². The van der Waals surface area contributed by atoms with Gasteiger partial charge in [0.05, 0.1) is 19.8 Å². The van der Waals surface area contributed by atoms with Crippen LogP contribution < -0.4 is 20.3 Å². The Morgan fingerprint density at radius 3 is 2.28 bits per heavy atom. The van der Waals surface area contributed by atoms with Crippen LogP contribution in [0.5, 0.6) is 11.5 Å². The molecule has 3 heterocycles. The molecule has 0 saturated carbocycles. The molecule has 2 aromatic carbocycles. The molecule has 0 bridgehead atoms. The lowest BCUT2D eigenvalue weighted by molar-refractivity contribution is -0.136. The largest absolute Gasteiger partial charge is 0.496 e. The topological polar surface area (TPSA) is 107 Å². The predicted octanol–water partition coefficient (Wildman–Crippen LogP) is 2.99. The Hall–Kier alpha value is -4.40. The van der Waals surface area contributed by atoms with Crippen molar-refractivity contribution >= 4 is 17.7 Å². The summed E-state index contributed by atoms with van der Waals surface area (Å²) in [7, 11) is 4.96. The number of amides is 3. The van der Waals surface area contributed by atoms with Crippen molar-refractivity contribution in [1.29, 1.82) is 0 Å². The Morgan fingerprint density at radius 2 is 1.59 bits per heavy atom. The number of nitrogens with zero attached hydrogens (tertiary/aromatic N) is 2. The van der Waals surface area contributed by atoms with Gasteiger partial charge in [0.25, 0.3) is 11.5 Å². The van der Waals surface area contributed by atoms with Crippen molar-refractivity contribution in [3.63, 3.8) is 0 Å². The number of hydrogen-bond acceptors (Lipinski definition) is 6. The van der Waals surface area contributed by atoms with E-state index in [1.807, 2.05) is 36.5 Å². The van der Waals surface area contributed by atoms with Crippen molar-refractivity contribution in [2.75, 3.05) is 14.2 Å². The average Bonchev–Trinajstić information content (AvgIpc) is 3.55. The van der Waals surface area contributed by atoms with Gasteiger partial charge in [0.2, 0.25) is 11.8 Å². The van der Waals surface area contributed by atoms with Crippen LogP contribution >= 0.6 is 0 Å². The van der Waals surface area contributed by atoms with Gasteiger partial charge in [-0.25, -0.2) is 0 Å². The van der Waals surface area contributed by atoms with E-state index >= 15 is 0 Å². The molecule has 3 amide bonds. The van der Waals surface area contributed by atoms with Crippen LogP contribution in [0, 0.1) is 0 Å². The lowest BCUT2D eigenvalue weighted by atomic mass is 9.94. The minimum atomic E-state index is -0.669. The highest BCUT2D eigenvalue weighted by Gasteiger charge is 2.39. The van der Waals surface area contributed by atoms with Crippen LogP contribution in [0.3, 0.4) is 0 Å². The van der Waals surface area contributed by atoms with E-state index in [4.69, 9.17) is 9.47 Å². The fourth-order valence-electron chi connectivity index (χ4n) is 6.13. The zero-order chi connectivity index (χ0) is 27.4. The second-order valence-electron chi connectivity index (χ2n) is 10.3. The molecule has 1 saturated heterocycles. The summed E-state index contributed by atoms with van der Waals surface area (Å²) in [6.07, 6.45) is 4.98. The molecule has 1 atom stereocenters. The number of fused-ring (bicyclic) bond motifs is 2. The lowest BCUT2D eigenvalue weighted by Crippen LogP contribution is -2.52. The third kappa shape index (κ3) is 4.00. The molecule has 0 radical (unpaired) electrons. The summed E-state index contributed by atoms with van der Waals surface area (Å²) < 4.78 is 13.3. The van der Waals surface area contributed by atoms with Crippen molar-refractivity contribution in [1.82, 2.24) is 14.8 Å². The first-order chi connectivity index (χ1) is 18.8. The van der Waals surface area contributed by atoms with Crippen molar-refractivity contribution in [3.8, 4) is 33.8 Å². The van der Waals surface area contributed by atoms with Gasteiger partial charge in [-0.2, -0.15) is 0 Å². The summed E-state index contributed by atoms with van der Waals surface area (Å²) in [6.45, 7) is 0.311. The highest BCUT2D eigenvalue weighted by Crippen LogP contribution is 2.44. The van der Waals surface area contributed by atoms with Gasteiger partial charge >= 0.3 is 0 Å². The first kappa shape index (κ1) is 24.9. The number of carbonyl (C=O) groups excluding carboxylic acids is 3. The first-order valence-electron chi connectivity index (χ1n) is 13.1. The molecule has 6 rings (SSSR count). The number of aromatic nitrogens is 1. The molecule has 200 valence electrons. The van der Waals surface area contributed by atoms with Gasteiger partial charge in [-0.1, -0.05) is 12.1 Å². The molecule has 1 unspecified atom stereocenters. The Morgan fingerprint density at radius 1 is 0.872 bits per heavy atom. The molecule has 3 aliphatic rings. The number of aryl methyl sites for hydroxylation is 1. The first-order valence-corrected chi connectivity index (χ1v) is 13.1. The van der Waals surface area contributed by atoms with Gasteiger partial charge in [0.1, 0.15) is 17.5 Å². The number of piperidine rings is 1. The standard InChI is InChI=1S/C30H29N3O6/c1-32-15-22(19-5-4-6-20(19)29(32)36)18-12-24(38-2)27(25(13-18)39-3)16-7-8-17-14-33(30(37)21(17)11-16)23-9-10-26(34)31-28(23)35/h7-8,11-13,15,23H,4-6,9-10,14H2,1-3H3,(H,31,34,35). The Kier molecular flexibility index (Phi) is 6.01. The van der Waals surface area contributed by atoms with Crippen molar-refractivity contribution in [2.45, 2.75) is 44.7 Å². The van der Waals surface area contributed by atoms with Crippen LogP contribution in [-0.2, 0) is 36.0 Å². The molecule has 39 heavy (non-hydrogen) atoms. The number of imide groups is 1. The monoisotopic (exact) mass is 527 g/mol. The molecule has 1 N–H and O–H groups in total. The van der Waals surface area contributed by atoms with Gasteiger partial charge in [0, 0.05) is 42.9 Å². The van der Waals surface area contributed by atoms with Crippen molar-refractivity contribution in [2.24, 2.45) is 7.05 Å². The fraction of sp³-hybridized carbons (Fsp3) is 0.333. The number of benzene rings is 2. The summed E-state index contributed by atoms with van der Waals surface area (Å²) in [6, 6.07) is 8.85. The number of carbonyl (C=O) groups is 3. The number of pyridine rings is 1. The highest BCUT2D eigenvalue weighted by atomic mass is 16.5. The van der Waals surface area contributed by atoms with Crippen molar-refractivity contribution < 1.29 is 23.9 Å². The maximum atomic E-state index is 13.4. The van der Waals surface area contributed by atoms with E-state index in [0.29, 0.717) is 35.6 Å². The molecule has 1 fully saturated rings. The van der Waals surface area contributed by atoms with E-state index in [1.165, 1.54) is 4.90 Å². The SMILES string of the molecule is COc1cc(-c2cn(C)c(=O)c3c2CCC3)cc(OC)c1-c1ccc2c(c1)C(=O)N(C1CCC(=O)NC1=O)C2. The Labute approximate surface area is 225 Å². The molecule has 0 spiro atoms. The van der Waals surface area contributed by atoms with Crippen LogP contribution in [0.4, 0.5) is 0 Å². The van der Waals surface area contributed by atoms with Crippen LogP contribution in [0.2, 0.25) is 0 Å². The van der Waals surface area contributed by atoms with Crippen molar-refractivity contribution in [3.05, 3.63) is 69.1 Å². The minimum absolute atomic E-state index is 0.0518. The second kappa shape index (κ2) is 9.41. The maximum Gasteiger partial charge on any atom is 0.255 e. The maximum absolute atomic E-state index is 13.4. The third-order valence-corrected chi connectivity index (χ3v) is 8.08. The summed E-state index contributed by atoms with van der Waals surface area (Å²) in [4.78, 5) is 51.6.